The highest BCUT2D eigenvalue weighted by molar-refractivity contribution is 6.33. The maximum atomic E-state index is 12.4. The lowest BCUT2D eigenvalue weighted by molar-refractivity contribution is 0.0503. The molecule has 18 heavy (non-hydrogen) atoms. The first-order chi connectivity index (χ1) is 8.63. The van der Waals surface area contributed by atoms with Gasteiger partial charge in [-0.1, -0.05) is 17.7 Å². The molecule has 0 bridgehead atoms. The second-order valence-electron chi connectivity index (χ2n) is 4.81. The Labute approximate surface area is 112 Å². The van der Waals surface area contributed by atoms with E-state index in [0.29, 0.717) is 17.1 Å². The standard InChI is InChI=1S/C14H18ClNO2/c1-10-5-6-12(13(15)8-10)14(18)16-7-3-2-4-11(16)9-17/h5-6,8,11,17H,2-4,7,9H2,1H3. The van der Waals surface area contributed by atoms with E-state index in [9.17, 15) is 9.90 Å². The molecular formula is C14H18ClNO2. The van der Waals surface area contributed by atoms with Gasteiger partial charge in [0.2, 0.25) is 0 Å². The molecule has 1 amide bonds. The van der Waals surface area contributed by atoms with Crippen molar-refractivity contribution in [3.63, 3.8) is 0 Å². The SMILES string of the molecule is Cc1ccc(C(=O)N2CCCCC2CO)c(Cl)c1. The van der Waals surface area contributed by atoms with E-state index in [4.69, 9.17) is 11.6 Å². The Kier molecular flexibility index (Phi) is 4.25. The Morgan fingerprint density at radius 3 is 2.94 bits per heavy atom. The number of hydrogen-bond acceptors (Lipinski definition) is 2. The van der Waals surface area contributed by atoms with Crippen LogP contribution in [-0.4, -0.2) is 35.1 Å². The topological polar surface area (TPSA) is 40.5 Å². The number of aryl methyl sites for hydroxylation is 1. The van der Waals surface area contributed by atoms with Crippen LogP contribution in [0.3, 0.4) is 0 Å². The van der Waals surface area contributed by atoms with Gasteiger partial charge in [0.25, 0.3) is 5.91 Å². The van der Waals surface area contributed by atoms with Crippen LogP contribution in [-0.2, 0) is 0 Å². The quantitative estimate of drug-likeness (QED) is 0.895. The van der Waals surface area contributed by atoms with E-state index in [1.165, 1.54) is 0 Å². The zero-order valence-corrected chi connectivity index (χ0v) is 11.3. The number of carbonyl (C=O) groups is 1. The fraction of sp³-hybridized carbons (Fsp3) is 0.500. The lowest BCUT2D eigenvalue weighted by Gasteiger charge is -2.34. The fourth-order valence-electron chi connectivity index (χ4n) is 2.41. The van der Waals surface area contributed by atoms with Crippen molar-refractivity contribution >= 4 is 17.5 Å². The molecule has 1 aromatic rings. The zero-order chi connectivity index (χ0) is 13.1. The molecule has 4 heteroatoms. The average Bonchev–Trinajstić information content (AvgIpc) is 2.38. The molecule has 1 heterocycles. The summed E-state index contributed by atoms with van der Waals surface area (Å²) in [4.78, 5) is 14.2. The molecule has 3 nitrogen and oxygen atoms in total. The second-order valence-corrected chi connectivity index (χ2v) is 5.22. The van der Waals surface area contributed by atoms with Crippen LogP contribution in [0, 0.1) is 6.92 Å². The number of likely N-dealkylation sites (tertiary alicyclic amines) is 1. The van der Waals surface area contributed by atoms with Crippen LogP contribution in [0.4, 0.5) is 0 Å². The van der Waals surface area contributed by atoms with Gasteiger partial charge in [-0.05, 0) is 43.9 Å². The Morgan fingerprint density at radius 1 is 1.50 bits per heavy atom. The minimum absolute atomic E-state index is 0.0230. The van der Waals surface area contributed by atoms with Gasteiger partial charge in [0, 0.05) is 6.54 Å². The van der Waals surface area contributed by atoms with Crippen LogP contribution in [0.15, 0.2) is 18.2 Å². The Hall–Kier alpha value is -1.06. The highest BCUT2D eigenvalue weighted by Crippen LogP contribution is 2.24. The lowest BCUT2D eigenvalue weighted by atomic mass is 10.0. The van der Waals surface area contributed by atoms with Gasteiger partial charge >= 0.3 is 0 Å². The molecule has 1 atom stereocenters. The van der Waals surface area contributed by atoms with Gasteiger partial charge < -0.3 is 10.0 Å². The van der Waals surface area contributed by atoms with Gasteiger partial charge in [-0.3, -0.25) is 4.79 Å². The molecule has 0 radical (unpaired) electrons. The van der Waals surface area contributed by atoms with Crippen molar-refractivity contribution in [3.8, 4) is 0 Å². The Bertz CT molecular complexity index is 447. The summed E-state index contributed by atoms with van der Waals surface area (Å²) in [6.07, 6.45) is 2.92. The third-order valence-corrected chi connectivity index (χ3v) is 3.77. The van der Waals surface area contributed by atoms with E-state index in [0.717, 1.165) is 24.8 Å². The van der Waals surface area contributed by atoms with Crippen molar-refractivity contribution in [2.24, 2.45) is 0 Å². The van der Waals surface area contributed by atoms with Crippen molar-refractivity contribution in [2.45, 2.75) is 32.2 Å². The number of halogens is 1. The third-order valence-electron chi connectivity index (χ3n) is 3.45. The summed E-state index contributed by atoms with van der Waals surface area (Å²) < 4.78 is 0. The predicted molar refractivity (Wildman–Crippen MR) is 72.0 cm³/mol. The van der Waals surface area contributed by atoms with E-state index in [-0.39, 0.29) is 18.6 Å². The summed E-state index contributed by atoms with van der Waals surface area (Å²) in [7, 11) is 0. The predicted octanol–water partition coefficient (Wildman–Crippen LogP) is 2.64. The average molecular weight is 268 g/mol. The van der Waals surface area contributed by atoms with Crippen LogP contribution in [0.1, 0.15) is 35.2 Å². The van der Waals surface area contributed by atoms with E-state index in [2.05, 4.69) is 0 Å². The van der Waals surface area contributed by atoms with Crippen LogP contribution < -0.4 is 0 Å². The van der Waals surface area contributed by atoms with Gasteiger partial charge in [-0.15, -0.1) is 0 Å². The maximum absolute atomic E-state index is 12.4. The number of aliphatic hydroxyl groups excluding tert-OH is 1. The second kappa shape index (κ2) is 5.72. The van der Waals surface area contributed by atoms with Gasteiger partial charge in [0.05, 0.1) is 23.2 Å². The van der Waals surface area contributed by atoms with Gasteiger partial charge in [0.15, 0.2) is 0 Å². The summed E-state index contributed by atoms with van der Waals surface area (Å²) >= 11 is 6.12. The summed E-state index contributed by atoms with van der Waals surface area (Å²) in [5, 5.41) is 9.83. The van der Waals surface area contributed by atoms with Crippen molar-refractivity contribution in [3.05, 3.63) is 34.3 Å². The van der Waals surface area contributed by atoms with Gasteiger partial charge in [-0.25, -0.2) is 0 Å². The number of amides is 1. The minimum atomic E-state index is -0.0706. The number of piperidine rings is 1. The first-order valence-corrected chi connectivity index (χ1v) is 6.69. The van der Waals surface area contributed by atoms with Gasteiger partial charge in [0.1, 0.15) is 0 Å². The molecule has 0 spiro atoms. The molecule has 1 saturated heterocycles. The number of carbonyl (C=O) groups excluding carboxylic acids is 1. The van der Waals surface area contributed by atoms with E-state index < -0.39 is 0 Å². The molecule has 2 rings (SSSR count). The number of rotatable bonds is 2. The van der Waals surface area contributed by atoms with E-state index in [1.54, 1.807) is 17.0 Å². The largest absolute Gasteiger partial charge is 0.394 e. The molecule has 98 valence electrons. The maximum Gasteiger partial charge on any atom is 0.255 e. The molecule has 0 aliphatic carbocycles. The molecule has 1 aliphatic rings. The number of benzene rings is 1. The zero-order valence-electron chi connectivity index (χ0n) is 10.5. The van der Waals surface area contributed by atoms with Crippen LogP contribution in [0.25, 0.3) is 0 Å². The number of hydrogen-bond donors (Lipinski definition) is 1. The molecule has 0 aromatic heterocycles. The highest BCUT2D eigenvalue weighted by atomic mass is 35.5. The fourth-order valence-corrected chi connectivity index (χ4v) is 2.72. The molecule has 1 aliphatic heterocycles. The van der Waals surface area contributed by atoms with Crippen molar-refractivity contribution in [1.82, 2.24) is 4.90 Å². The molecule has 1 aromatic carbocycles. The molecular weight excluding hydrogens is 250 g/mol. The van der Waals surface area contributed by atoms with Crippen molar-refractivity contribution in [2.75, 3.05) is 13.2 Å². The van der Waals surface area contributed by atoms with Crippen LogP contribution in [0.5, 0.6) is 0 Å². The third kappa shape index (κ3) is 2.68. The first kappa shape index (κ1) is 13.4. The van der Waals surface area contributed by atoms with Crippen LogP contribution in [0.2, 0.25) is 5.02 Å². The Morgan fingerprint density at radius 2 is 2.28 bits per heavy atom. The number of nitrogens with zero attached hydrogens (tertiary/aromatic N) is 1. The molecule has 0 saturated carbocycles. The molecule has 1 N–H and O–H groups in total. The van der Waals surface area contributed by atoms with Crippen molar-refractivity contribution in [1.29, 1.82) is 0 Å². The Balaban J connectivity index is 2.24. The van der Waals surface area contributed by atoms with Crippen LogP contribution >= 0.6 is 11.6 Å². The summed E-state index contributed by atoms with van der Waals surface area (Å²) in [5.74, 6) is -0.0706. The number of aliphatic hydroxyl groups is 1. The van der Waals surface area contributed by atoms with E-state index in [1.807, 2.05) is 13.0 Å². The van der Waals surface area contributed by atoms with Gasteiger partial charge in [-0.2, -0.15) is 0 Å². The first-order valence-electron chi connectivity index (χ1n) is 6.31. The smallest absolute Gasteiger partial charge is 0.255 e. The molecule has 1 unspecified atom stereocenters. The normalized spacial score (nSPS) is 19.9. The summed E-state index contributed by atoms with van der Waals surface area (Å²) in [6.45, 7) is 2.67. The highest BCUT2D eigenvalue weighted by Gasteiger charge is 2.27. The lowest BCUT2D eigenvalue weighted by Crippen LogP contribution is -2.45. The summed E-state index contributed by atoms with van der Waals surface area (Å²) in [5.41, 5.74) is 1.57. The summed E-state index contributed by atoms with van der Waals surface area (Å²) in [6, 6.07) is 5.39. The minimum Gasteiger partial charge on any atom is -0.394 e. The molecule has 1 fully saturated rings. The van der Waals surface area contributed by atoms with Crippen molar-refractivity contribution < 1.29 is 9.90 Å². The van der Waals surface area contributed by atoms with E-state index >= 15 is 0 Å². The monoisotopic (exact) mass is 267 g/mol.